The Balaban J connectivity index is 2.81. The first-order valence-electron chi connectivity index (χ1n) is 4.17. The zero-order chi connectivity index (χ0) is 9.26. The first kappa shape index (κ1) is 7.92. The highest BCUT2D eigenvalue weighted by Crippen LogP contribution is 2.12. The molecule has 2 aromatic rings. The Morgan fingerprint density at radius 2 is 1.77 bits per heavy atom. The van der Waals surface area contributed by atoms with E-state index in [2.05, 4.69) is 16.5 Å². The minimum Gasteiger partial charge on any atom is -0.249 e. The Morgan fingerprint density at radius 1 is 1.15 bits per heavy atom. The van der Waals surface area contributed by atoms with Crippen LogP contribution in [0, 0.1) is 6.92 Å². The van der Waals surface area contributed by atoms with Crippen molar-refractivity contribution in [3.63, 3.8) is 0 Å². The van der Waals surface area contributed by atoms with Crippen LogP contribution in [0.15, 0.2) is 30.8 Å². The van der Waals surface area contributed by atoms with Crippen LogP contribution in [0.5, 0.6) is 0 Å². The Morgan fingerprint density at radius 3 is 2.38 bits per heavy atom. The van der Waals surface area contributed by atoms with Crippen LogP contribution in [-0.4, -0.2) is 9.97 Å². The van der Waals surface area contributed by atoms with Gasteiger partial charge >= 0.3 is 0 Å². The van der Waals surface area contributed by atoms with Crippen molar-refractivity contribution in [3.05, 3.63) is 42.2 Å². The molecule has 0 bridgehead atoms. The minimum atomic E-state index is 0.860. The van der Waals surface area contributed by atoms with Gasteiger partial charge in [0.25, 0.3) is 0 Å². The number of para-hydroxylation sites is 2. The maximum absolute atomic E-state index is 4.41. The third-order valence-corrected chi connectivity index (χ3v) is 1.97. The van der Waals surface area contributed by atoms with Crippen molar-refractivity contribution in [2.45, 2.75) is 6.92 Å². The van der Waals surface area contributed by atoms with Gasteiger partial charge in [-0.05, 0) is 25.1 Å². The summed E-state index contributed by atoms with van der Waals surface area (Å²) in [5.74, 6) is 0. The van der Waals surface area contributed by atoms with Gasteiger partial charge in [-0.15, -0.1) is 0 Å². The Labute approximate surface area is 77.0 Å². The van der Waals surface area contributed by atoms with E-state index in [0.29, 0.717) is 0 Å². The number of aromatic nitrogens is 2. The van der Waals surface area contributed by atoms with Crippen molar-refractivity contribution < 1.29 is 0 Å². The van der Waals surface area contributed by atoms with Crippen LogP contribution in [0.4, 0.5) is 0 Å². The fourth-order valence-corrected chi connectivity index (χ4v) is 1.30. The molecule has 0 aliphatic rings. The maximum atomic E-state index is 4.41. The molecule has 2 heteroatoms. The van der Waals surface area contributed by atoms with E-state index in [1.165, 1.54) is 0 Å². The summed E-state index contributed by atoms with van der Waals surface area (Å²) in [6.07, 6.45) is 1.73. The van der Waals surface area contributed by atoms with Gasteiger partial charge < -0.3 is 0 Å². The van der Waals surface area contributed by atoms with E-state index in [1.54, 1.807) is 6.08 Å². The fourth-order valence-electron chi connectivity index (χ4n) is 1.30. The van der Waals surface area contributed by atoms with Crippen LogP contribution in [0.3, 0.4) is 0 Å². The molecule has 2 rings (SSSR count). The smallest absolute Gasteiger partial charge is 0.0894 e. The summed E-state index contributed by atoms with van der Waals surface area (Å²) in [4.78, 5) is 8.83. The molecule has 64 valence electrons. The third kappa shape index (κ3) is 1.31. The van der Waals surface area contributed by atoms with Gasteiger partial charge in [0.2, 0.25) is 0 Å². The average molecular weight is 170 g/mol. The largest absolute Gasteiger partial charge is 0.249 e. The second kappa shape index (κ2) is 2.98. The lowest BCUT2D eigenvalue weighted by Crippen LogP contribution is -1.92. The molecule has 0 saturated carbocycles. The number of aryl methyl sites for hydroxylation is 1. The second-order valence-corrected chi connectivity index (χ2v) is 2.89. The Bertz CT molecular complexity index is 461. The summed E-state index contributed by atoms with van der Waals surface area (Å²) in [7, 11) is 0. The molecule has 0 aliphatic carbocycles. The lowest BCUT2D eigenvalue weighted by atomic mass is 10.2. The van der Waals surface area contributed by atoms with E-state index < -0.39 is 0 Å². The SMILES string of the molecule is C=Cc1nc2ccccc2nc1C. The highest BCUT2D eigenvalue weighted by Gasteiger charge is 1.99. The lowest BCUT2D eigenvalue weighted by molar-refractivity contribution is 1.16. The maximum Gasteiger partial charge on any atom is 0.0894 e. The third-order valence-electron chi connectivity index (χ3n) is 1.97. The summed E-state index contributed by atoms with van der Waals surface area (Å²) in [5.41, 5.74) is 3.64. The van der Waals surface area contributed by atoms with Gasteiger partial charge in [-0.1, -0.05) is 18.7 Å². The van der Waals surface area contributed by atoms with E-state index in [-0.39, 0.29) is 0 Å². The van der Waals surface area contributed by atoms with Crippen LogP contribution >= 0.6 is 0 Å². The molecule has 0 unspecified atom stereocenters. The number of nitrogens with zero attached hydrogens (tertiary/aromatic N) is 2. The number of benzene rings is 1. The Hall–Kier alpha value is -1.70. The van der Waals surface area contributed by atoms with E-state index in [4.69, 9.17) is 0 Å². The monoisotopic (exact) mass is 170 g/mol. The molecule has 0 aliphatic heterocycles. The topological polar surface area (TPSA) is 25.8 Å². The standard InChI is InChI=1S/C11H10N2/c1-3-9-8(2)12-10-6-4-5-7-11(10)13-9/h3-7H,1H2,2H3. The predicted octanol–water partition coefficient (Wildman–Crippen LogP) is 2.58. The molecule has 1 heterocycles. The van der Waals surface area contributed by atoms with Crippen molar-refractivity contribution in [2.75, 3.05) is 0 Å². The lowest BCUT2D eigenvalue weighted by Gasteiger charge is -2.01. The van der Waals surface area contributed by atoms with Gasteiger partial charge in [-0.25, -0.2) is 9.97 Å². The van der Waals surface area contributed by atoms with Crippen molar-refractivity contribution in [3.8, 4) is 0 Å². The molecule has 0 saturated heterocycles. The Kier molecular flexibility index (Phi) is 1.81. The van der Waals surface area contributed by atoms with Gasteiger partial charge in [0, 0.05) is 0 Å². The van der Waals surface area contributed by atoms with Gasteiger partial charge in [0.15, 0.2) is 0 Å². The molecule has 1 aromatic heterocycles. The summed E-state index contributed by atoms with van der Waals surface area (Å²) < 4.78 is 0. The van der Waals surface area contributed by atoms with Crippen LogP contribution in [0.1, 0.15) is 11.4 Å². The molecule has 0 amide bonds. The van der Waals surface area contributed by atoms with Gasteiger partial charge in [-0.2, -0.15) is 0 Å². The molecule has 1 aromatic carbocycles. The minimum absolute atomic E-state index is 0.860. The quantitative estimate of drug-likeness (QED) is 0.657. The van der Waals surface area contributed by atoms with Gasteiger partial charge in [-0.3, -0.25) is 0 Å². The number of hydrogen-bond acceptors (Lipinski definition) is 2. The van der Waals surface area contributed by atoms with Crippen LogP contribution in [0.2, 0.25) is 0 Å². The van der Waals surface area contributed by atoms with Crippen molar-refractivity contribution in [1.82, 2.24) is 9.97 Å². The molecule has 0 fully saturated rings. The molecule has 0 radical (unpaired) electrons. The summed E-state index contributed by atoms with van der Waals surface area (Å²) in [6.45, 7) is 5.64. The van der Waals surface area contributed by atoms with E-state index in [0.717, 1.165) is 22.4 Å². The first-order chi connectivity index (χ1) is 6.31. The van der Waals surface area contributed by atoms with Crippen LogP contribution in [-0.2, 0) is 0 Å². The predicted molar refractivity (Wildman–Crippen MR) is 54.4 cm³/mol. The first-order valence-corrected chi connectivity index (χ1v) is 4.17. The van der Waals surface area contributed by atoms with E-state index in [1.807, 2.05) is 31.2 Å². The second-order valence-electron chi connectivity index (χ2n) is 2.89. The molecular formula is C11H10N2. The van der Waals surface area contributed by atoms with E-state index >= 15 is 0 Å². The molecular weight excluding hydrogens is 160 g/mol. The van der Waals surface area contributed by atoms with Gasteiger partial charge in [0.05, 0.1) is 22.4 Å². The molecule has 0 atom stereocenters. The normalized spacial score (nSPS) is 10.2. The molecule has 13 heavy (non-hydrogen) atoms. The van der Waals surface area contributed by atoms with Crippen molar-refractivity contribution in [2.24, 2.45) is 0 Å². The zero-order valence-corrected chi connectivity index (χ0v) is 7.49. The molecule has 0 spiro atoms. The van der Waals surface area contributed by atoms with Crippen molar-refractivity contribution in [1.29, 1.82) is 0 Å². The van der Waals surface area contributed by atoms with Crippen LogP contribution < -0.4 is 0 Å². The summed E-state index contributed by atoms with van der Waals surface area (Å²) >= 11 is 0. The number of rotatable bonds is 1. The highest BCUT2D eigenvalue weighted by molar-refractivity contribution is 5.75. The number of fused-ring (bicyclic) bond motifs is 1. The summed E-state index contributed by atoms with van der Waals surface area (Å²) in [5, 5.41) is 0. The van der Waals surface area contributed by atoms with Gasteiger partial charge in [0.1, 0.15) is 0 Å². The summed E-state index contributed by atoms with van der Waals surface area (Å²) in [6, 6.07) is 7.83. The average Bonchev–Trinajstić information content (AvgIpc) is 2.17. The fraction of sp³-hybridized carbons (Fsp3) is 0.0909. The zero-order valence-electron chi connectivity index (χ0n) is 7.49. The molecule has 2 nitrogen and oxygen atoms in total. The molecule has 0 N–H and O–H groups in total. The van der Waals surface area contributed by atoms with E-state index in [9.17, 15) is 0 Å². The highest BCUT2D eigenvalue weighted by atomic mass is 14.8. The van der Waals surface area contributed by atoms with Crippen molar-refractivity contribution >= 4 is 17.1 Å². The number of hydrogen-bond donors (Lipinski definition) is 0. The van der Waals surface area contributed by atoms with Crippen LogP contribution in [0.25, 0.3) is 17.1 Å².